The Bertz CT molecular complexity index is 471. The third-order valence-electron chi connectivity index (χ3n) is 4.88. The van der Waals surface area contributed by atoms with Crippen molar-refractivity contribution < 1.29 is 0 Å². The molecule has 0 aromatic heterocycles. The van der Waals surface area contributed by atoms with Gasteiger partial charge in [-0.05, 0) is 61.6 Å². The van der Waals surface area contributed by atoms with Crippen LogP contribution in [0.5, 0.6) is 0 Å². The van der Waals surface area contributed by atoms with Crippen LogP contribution in [0.3, 0.4) is 0 Å². The second-order valence-corrected chi connectivity index (χ2v) is 8.29. The van der Waals surface area contributed by atoms with Crippen LogP contribution in [-0.2, 0) is 0 Å². The van der Waals surface area contributed by atoms with Gasteiger partial charge in [-0.2, -0.15) is 0 Å². The molecule has 1 N–H and O–H groups in total. The first kappa shape index (κ1) is 17.1. The number of hydrogen-bond acceptors (Lipinski definition) is 1. The zero-order valence-corrected chi connectivity index (χ0v) is 15.1. The maximum Gasteiger partial charge on any atom is 0.0595 e. The Kier molecular flexibility index (Phi) is 5.62. The standard InChI is InChI=1S/C18H27Cl2N/c1-12(13-5-10-16(19)17(20)11-13)21-15-8-6-14(7-9-15)18(2,3)4/h5,10-12,14-15,21H,6-9H2,1-4H3. The van der Waals surface area contributed by atoms with Crippen molar-refractivity contribution in [3.63, 3.8) is 0 Å². The molecule has 0 heterocycles. The normalized spacial score (nSPS) is 24.9. The molecule has 0 radical (unpaired) electrons. The lowest BCUT2D eigenvalue weighted by Crippen LogP contribution is -2.37. The van der Waals surface area contributed by atoms with Crippen LogP contribution in [0.4, 0.5) is 0 Å². The Morgan fingerprint density at radius 2 is 1.67 bits per heavy atom. The van der Waals surface area contributed by atoms with Crippen molar-refractivity contribution in [2.24, 2.45) is 11.3 Å². The van der Waals surface area contributed by atoms with Crippen LogP contribution < -0.4 is 5.32 Å². The van der Waals surface area contributed by atoms with E-state index in [0.29, 0.717) is 27.5 Å². The molecule has 1 aliphatic carbocycles. The summed E-state index contributed by atoms with van der Waals surface area (Å²) in [4.78, 5) is 0. The van der Waals surface area contributed by atoms with Crippen molar-refractivity contribution >= 4 is 23.2 Å². The van der Waals surface area contributed by atoms with Gasteiger partial charge in [0.25, 0.3) is 0 Å². The van der Waals surface area contributed by atoms with Gasteiger partial charge in [-0.25, -0.2) is 0 Å². The molecule has 1 aromatic carbocycles. The minimum Gasteiger partial charge on any atom is -0.307 e. The first-order valence-corrected chi connectivity index (χ1v) is 8.74. The number of nitrogens with one attached hydrogen (secondary N) is 1. The van der Waals surface area contributed by atoms with E-state index in [4.69, 9.17) is 23.2 Å². The molecule has 1 nitrogen and oxygen atoms in total. The summed E-state index contributed by atoms with van der Waals surface area (Å²) in [7, 11) is 0. The summed E-state index contributed by atoms with van der Waals surface area (Å²) in [6.45, 7) is 9.30. The molecule has 0 aliphatic heterocycles. The van der Waals surface area contributed by atoms with Gasteiger partial charge in [0.2, 0.25) is 0 Å². The van der Waals surface area contributed by atoms with Gasteiger partial charge < -0.3 is 5.32 Å². The summed E-state index contributed by atoms with van der Waals surface area (Å²) >= 11 is 12.1. The van der Waals surface area contributed by atoms with E-state index in [9.17, 15) is 0 Å². The zero-order valence-electron chi connectivity index (χ0n) is 13.5. The van der Waals surface area contributed by atoms with Crippen molar-refractivity contribution in [3.8, 4) is 0 Å². The van der Waals surface area contributed by atoms with Gasteiger partial charge in [-0.1, -0.05) is 50.0 Å². The fraction of sp³-hybridized carbons (Fsp3) is 0.667. The lowest BCUT2D eigenvalue weighted by molar-refractivity contribution is 0.157. The Morgan fingerprint density at radius 3 is 2.19 bits per heavy atom. The van der Waals surface area contributed by atoms with Crippen LogP contribution in [0.2, 0.25) is 10.0 Å². The maximum atomic E-state index is 6.11. The van der Waals surface area contributed by atoms with Crippen molar-refractivity contribution in [2.75, 3.05) is 0 Å². The van der Waals surface area contributed by atoms with E-state index in [2.05, 4.69) is 39.1 Å². The number of benzene rings is 1. The van der Waals surface area contributed by atoms with Crippen molar-refractivity contribution in [1.82, 2.24) is 5.32 Å². The molecule has 1 fully saturated rings. The highest BCUT2D eigenvalue weighted by atomic mass is 35.5. The van der Waals surface area contributed by atoms with Crippen LogP contribution in [0, 0.1) is 11.3 Å². The first-order chi connectivity index (χ1) is 9.77. The van der Waals surface area contributed by atoms with E-state index in [1.807, 2.05) is 12.1 Å². The van der Waals surface area contributed by atoms with Gasteiger partial charge in [-0.3, -0.25) is 0 Å². The van der Waals surface area contributed by atoms with Gasteiger partial charge in [0.05, 0.1) is 10.0 Å². The van der Waals surface area contributed by atoms with Crippen molar-refractivity contribution in [3.05, 3.63) is 33.8 Å². The molecule has 1 unspecified atom stereocenters. The molecule has 0 bridgehead atoms. The van der Waals surface area contributed by atoms with Crippen LogP contribution in [0.15, 0.2) is 18.2 Å². The molecule has 1 aliphatic rings. The van der Waals surface area contributed by atoms with E-state index >= 15 is 0 Å². The predicted octanol–water partition coefficient (Wildman–Crippen LogP) is 6.25. The van der Waals surface area contributed by atoms with E-state index in [-0.39, 0.29) is 0 Å². The molecule has 3 heteroatoms. The van der Waals surface area contributed by atoms with Crippen LogP contribution in [0.1, 0.15) is 65.0 Å². The summed E-state index contributed by atoms with van der Waals surface area (Å²) in [5.74, 6) is 0.857. The monoisotopic (exact) mass is 327 g/mol. The minimum atomic E-state index is 0.316. The van der Waals surface area contributed by atoms with Gasteiger partial charge >= 0.3 is 0 Å². The van der Waals surface area contributed by atoms with Crippen LogP contribution in [-0.4, -0.2) is 6.04 Å². The summed E-state index contributed by atoms with van der Waals surface area (Å²) in [6.07, 6.45) is 5.20. The largest absolute Gasteiger partial charge is 0.307 e. The SMILES string of the molecule is CC(NC1CCC(C(C)(C)C)CC1)c1ccc(Cl)c(Cl)c1. The third kappa shape index (κ3) is 4.61. The van der Waals surface area contributed by atoms with E-state index < -0.39 is 0 Å². The summed E-state index contributed by atoms with van der Waals surface area (Å²) in [5.41, 5.74) is 1.66. The second kappa shape index (κ2) is 6.89. The number of halogens is 2. The molecule has 1 saturated carbocycles. The van der Waals surface area contributed by atoms with E-state index in [1.165, 1.54) is 31.2 Å². The molecule has 21 heavy (non-hydrogen) atoms. The lowest BCUT2D eigenvalue weighted by atomic mass is 9.71. The number of hydrogen-bond donors (Lipinski definition) is 1. The van der Waals surface area contributed by atoms with Crippen molar-refractivity contribution in [1.29, 1.82) is 0 Å². The molecular weight excluding hydrogens is 301 g/mol. The van der Waals surface area contributed by atoms with Gasteiger partial charge in [0.15, 0.2) is 0 Å². The lowest BCUT2D eigenvalue weighted by Gasteiger charge is -2.38. The molecular formula is C18H27Cl2N. The van der Waals surface area contributed by atoms with Gasteiger partial charge in [-0.15, -0.1) is 0 Å². The zero-order chi connectivity index (χ0) is 15.6. The summed E-state index contributed by atoms with van der Waals surface area (Å²) < 4.78 is 0. The average molecular weight is 328 g/mol. The van der Waals surface area contributed by atoms with Crippen LogP contribution in [0.25, 0.3) is 0 Å². The molecule has 0 saturated heterocycles. The van der Waals surface area contributed by atoms with Gasteiger partial charge in [0, 0.05) is 12.1 Å². The molecule has 2 rings (SSSR count). The fourth-order valence-corrected chi connectivity index (χ4v) is 3.66. The summed E-state index contributed by atoms with van der Waals surface area (Å²) in [6, 6.07) is 6.85. The molecule has 0 spiro atoms. The smallest absolute Gasteiger partial charge is 0.0595 e. The van der Waals surface area contributed by atoms with Gasteiger partial charge in [0.1, 0.15) is 0 Å². The quantitative estimate of drug-likeness (QED) is 0.691. The number of rotatable bonds is 3. The Balaban J connectivity index is 1.89. The highest BCUT2D eigenvalue weighted by Crippen LogP contribution is 2.38. The Morgan fingerprint density at radius 1 is 1.05 bits per heavy atom. The average Bonchev–Trinajstić information content (AvgIpc) is 2.41. The molecule has 1 aromatic rings. The highest BCUT2D eigenvalue weighted by Gasteiger charge is 2.30. The van der Waals surface area contributed by atoms with Crippen LogP contribution >= 0.6 is 23.2 Å². The minimum absolute atomic E-state index is 0.316. The third-order valence-corrected chi connectivity index (χ3v) is 5.62. The maximum absolute atomic E-state index is 6.11. The van der Waals surface area contributed by atoms with Crippen molar-refractivity contribution in [2.45, 2.75) is 65.5 Å². The molecule has 0 amide bonds. The Hall–Kier alpha value is -0.240. The highest BCUT2D eigenvalue weighted by molar-refractivity contribution is 6.42. The fourth-order valence-electron chi connectivity index (χ4n) is 3.36. The summed E-state index contributed by atoms with van der Waals surface area (Å²) in [5, 5.41) is 5.01. The van der Waals surface area contributed by atoms with E-state index in [1.54, 1.807) is 0 Å². The second-order valence-electron chi connectivity index (χ2n) is 7.48. The topological polar surface area (TPSA) is 12.0 Å². The van der Waals surface area contributed by atoms with E-state index in [0.717, 1.165) is 5.92 Å². The molecule has 118 valence electrons. The Labute approximate surface area is 139 Å². The molecule has 1 atom stereocenters. The first-order valence-electron chi connectivity index (χ1n) is 7.98. The predicted molar refractivity (Wildman–Crippen MR) is 93.2 cm³/mol.